The van der Waals surface area contributed by atoms with Crippen molar-refractivity contribution in [2.24, 2.45) is 0 Å². The molecular formula is C20H50O3Si4. The van der Waals surface area contributed by atoms with Crippen LogP contribution in [-0.4, -0.2) is 51.3 Å². The van der Waals surface area contributed by atoms with Crippen LogP contribution in [0.1, 0.15) is 47.5 Å². The predicted molar refractivity (Wildman–Crippen MR) is 132 cm³/mol. The molecule has 0 N–H and O–H groups in total. The summed E-state index contributed by atoms with van der Waals surface area (Å²) in [5.41, 5.74) is 0.674. The summed E-state index contributed by atoms with van der Waals surface area (Å²) in [5.74, 6) is 0. The fraction of sp³-hybridized carbons (Fsp3) is 1.00. The first-order valence-corrected chi connectivity index (χ1v) is 23.1. The molecule has 0 aliphatic heterocycles. The summed E-state index contributed by atoms with van der Waals surface area (Å²) in [6, 6.07) is 0. The van der Waals surface area contributed by atoms with E-state index in [1.165, 1.54) is 0 Å². The van der Waals surface area contributed by atoms with Gasteiger partial charge in [0.15, 0.2) is 17.4 Å². The van der Waals surface area contributed by atoms with Crippen LogP contribution in [0, 0.1) is 0 Å². The maximum Gasteiger partial charge on any atom is 0.213 e. The Morgan fingerprint density at radius 3 is 1.67 bits per heavy atom. The Labute approximate surface area is 176 Å². The van der Waals surface area contributed by atoms with Gasteiger partial charge in [0, 0.05) is 16.9 Å². The maximum absolute atomic E-state index is 6.88. The molecule has 0 spiro atoms. The molecular weight excluding hydrogens is 401 g/mol. The SMILES string of the molecule is CCC(O[Si](C)(C)C(C)O[Si](C)(C)C)C(C)(C)[SiH](C)OC(CC)[Si](C)(C)C. The van der Waals surface area contributed by atoms with E-state index in [9.17, 15) is 0 Å². The summed E-state index contributed by atoms with van der Waals surface area (Å²) in [5, 5.41) is 0.102. The minimum absolute atomic E-state index is 0.102. The lowest BCUT2D eigenvalue weighted by molar-refractivity contribution is 0.110. The van der Waals surface area contributed by atoms with Gasteiger partial charge in [-0.3, -0.25) is 0 Å². The van der Waals surface area contributed by atoms with Crippen molar-refractivity contribution in [3.05, 3.63) is 0 Å². The van der Waals surface area contributed by atoms with Crippen molar-refractivity contribution >= 4 is 33.7 Å². The molecule has 164 valence electrons. The summed E-state index contributed by atoms with van der Waals surface area (Å²) >= 11 is 0. The first-order chi connectivity index (χ1) is 11.9. The Morgan fingerprint density at radius 1 is 0.852 bits per heavy atom. The van der Waals surface area contributed by atoms with Gasteiger partial charge >= 0.3 is 0 Å². The van der Waals surface area contributed by atoms with Crippen molar-refractivity contribution < 1.29 is 13.3 Å². The summed E-state index contributed by atoms with van der Waals surface area (Å²) < 4.78 is 20.1. The van der Waals surface area contributed by atoms with Crippen molar-refractivity contribution in [2.75, 3.05) is 0 Å². The number of hydrogen-bond donors (Lipinski definition) is 0. The van der Waals surface area contributed by atoms with Crippen LogP contribution >= 0.6 is 0 Å². The van der Waals surface area contributed by atoms with Crippen molar-refractivity contribution in [3.63, 3.8) is 0 Å². The zero-order valence-corrected chi connectivity index (χ0v) is 25.1. The second-order valence-corrected chi connectivity index (χ2v) is 28.5. The third kappa shape index (κ3) is 8.96. The zero-order valence-electron chi connectivity index (χ0n) is 20.9. The molecule has 0 amide bonds. The van der Waals surface area contributed by atoms with E-state index in [0.717, 1.165) is 12.8 Å². The van der Waals surface area contributed by atoms with Crippen LogP contribution in [0.4, 0.5) is 0 Å². The minimum Gasteiger partial charge on any atom is -0.420 e. The van der Waals surface area contributed by atoms with Gasteiger partial charge in [-0.05, 0) is 59.0 Å². The molecule has 0 fully saturated rings. The van der Waals surface area contributed by atoms with E-state index in [-0.39, 0.29) is 16.9 Å². The van der Waals surface area contributed by atoms with Crippen LogP contribution in [0.5, 0.6) is 0 Å². The Morgan fingerprint density at radius 2 is 1.33 bits per heavy atom. The molecule has 0 aromatic rings. The molecule has 7 heteroatoms. The molecule has 3 nitrogen and oxygen atoms in total. The van der Waals surface area contributed by atoms with Gasteiger partial charge in [0.2, 0.25) is 8.32 Å². The van der Waals surface area contributed by atoms with Crippen LogP contribution in [0.2, 0.25) is 64.0 Å². The highest BCUT2D eigenvalue weighted by atomic mass is 28.4. The summed E-state index contributed by atoms with van der Waals surface area (Å²) in [6.07, 6.45) is 2.41. The third-order valence-electron chi connectivity index (χ3n) is 5.91. The lowest BCUT2D eigenvalue weighted by Crippen LogP contribution is -2.54. The first-order valence-electron chi connectivity index (χ1n) is 10.9. The van der Waals surface area contributed by atoms with Gasteiger partial charge in [-0.2, -0.15) is 0 Å². The van der Waals surface area contributed by atoms with Gasteiger partial charge in [0.05, 0.1) is 13.8 Å². The summed E-state index contributed by atoms with van der Waals surface area (Å²) in [7, 11) is -6.24. The van der Waals surface area contributed by atoms with Crippen LogP contribution in [0.15, 0.2) is 0 Å². The quantitative estimate of drug-likeness (QED) is 0.314. The Bertz CT molecular complexity index is 441. The standard InChI is InChI=1S/C20H50O3Si4/c1-15-18(23-27(13,14)17(3)22-26(10,11)12)20(4,5)24(6)21-19(16-2)25(7,8)9/h17-19,24H,15-16H2,1-14H3. The van der Waals surface area contributed by atoms with Crippen LogP contribution in [-0.2, 0) is 13.3 Å². The van der Waals surface area contributed by atoms with E-state index in [4.69, 9.17) is 13.3 Å². The minimum atomic E-state index is -1.95. The average molecular weight is 451 g/mol. The van der Waals surface area contributed by atoms with E-state index in [1.807, 2.05) is 0 Å². The molecule has 0 bridgehead atoms. The molecule has 0 radical (unpaired) electrons. The van der Waals surface area contributed by atoms with Gasteiger partial charge in [-0.1, -0.05) is 47.3 Å². The molecule has 0 rings (SSSR count). The highest BCUT2D eigenvalue weighted by Crippen LogP contribution is 2.40. The fourth-order valence-corrected chi connectivity index (χ4v) is 13.6. The molecule has 0 aliphatic rings. The lowest BCUT2D eigenvalue weighted by Gasteiger charge is -2.45. The summed E-state index contributed by atoms with van der Waals surface area (Å²) in [4.78, 5) is 0. The van der Waals surface area contributed by atoms with Crippen molar-refractivity contribution in [3.8, 4) is 0 Å². The zero-order chi connectivity index (χ0) is 21.8. The topological polar surface area (TPSA) is 27.7 Å². The van der Waals surface area contributed by atoms with E-state index < -0.39 is 33.7 Å². The van der Waals surface area contributed by atoms with Crippen LogP contribution in [0.25, 0.3) is 0 Å². The fourth-order valence-electron chi connectivity index (χ4n) is 3.49. The first kappa shape index (κ1) is 27.7. The van der Waals surface area contributed by atoms with Crippen molar-refractivity contribution in [1.82, 2.24) is 0 Å². The number of hydrogen-bond acceptors (Lipinski definition) is 3. The highest BCUT2D eigenvalue weighted by Gasteiger charge is 2.44. The Hall–Kier alpha value is 0.748. The van der Waals surface area contributed by atoms with Gasteiger partial charge in [-0.25, -0.2) is 0 Å². The molecule has 0 aromatic carbocycles. The molecule has 4 unspecified atom stereocenters. The van der Waals surface area contributed by atoms with Gasteiger partial charge < -0.3 is 13.3 Å². The molecule has 0 aromatic heterocycles. The summed E-state index contributed by atoms with van der Waals surface area (Å²) in [6.45, 7) is 32.6. The monoisotopic (exact) mass is 450 g/mol. The normalized spacial score (nSPS) is 18.9. The molecule has 0 saturated heterocycles. The second-order valence-electron chi connectivity index (χ2n) is 11.4. The molecule has 0 saturated carbocycles. The van der Waals surface area contributed by atoms with Gasteiger partial charge in [-0.15, -0.1) is 0 Å². The second kappa shape index (κ2) is 10.2. The maximum atomic E-state index is 6.88. The van der Waals surface area contributed by atoms with E-state index in [2.05, 4.69) is 93.5 Å². The van der Waals surface area contributed by atoms with E-state index in [1.54, 1.807) is 0 Å². The molecule has 4 atom stereocenters. The Balaban J connectivity index is 5.32. The van der Waals surface area contributed by atoms with Crippen LogP contribution < -0.4 is 0 Å². The average Bonchev–Trinajstić information content (AvgIpc) is 2.46. The lowest BCUT2D eigenvalue weighted by atomic mass is 10.0. The Kier molecular flexibility index (Phi) is 10.5. The largest absolute Gasteiger partial charge is 0.420 e. The smallest absolute Gasteiger partial charge is 0.213 e. The molecule has 0 aliphatic carbocycles. The van der Waals surface area contributed by atoms with Gasteiger partial charge in [0.1, 0.15) is 0 Å². The van der Waals surface area contributed by atoms with Crippen molar-refractivity contribution in [2.45, 2.75) is 129 Å². The molecule has 0 heterocycles. The van der Waals surface area contributed by atoms with Crippen LogP contribution in [0.3, 0.4) is 0 Å². The van der Waals surface area contributed by atoms with Crippen molar-refractivity contribution in [1.29, 1.82) is 0 Å². The highest BCUT2D eigenvalue weighted by molar-refractivity contribution is 6.78. The third-order valence-corrected chi connectivity index (χ3v) is 16.1. The van der Waals surface area contributed by atoms with Gasteiger partial charge in [0.25, 0.3) is 0 Å². The number of rotatable bonds is 12. The predicted octanol–water partition coefficient (Wildman–Crippen LogP) is 6.57. The molecule has 27 heavy (non-hydrogen) atoms. The van der Waals surface area contributed by atoms with E-state index in [0.29, 0.717) is 5.73 Å². The van der Waals surface area contributed by atoms with E-state index >= 15 is 0 Å².